The molecule has 2 aliphatic heterocycles. The Kier molecular flexibility index (Phi) is 5.18. The fraction of sp³-hybridized carbons (Fsp3) is 0.474. The highest BCUT2D eigenvalue weighted by Crippen LogP contribution is 2.29. The third-order valence-electron chi connectivity index (χ3n) is 5.40. The molecule has 2 aromatic heterocycles. The van der Waals surface area contributed by atoms with Gasteiger partial charge in [-0.2, -0.15) is 0 Å². The van der Waals surface area contributed by atoms with Crippen LogP contribution in [-0.4, -0.2) is 89.8 Å². The molecule has 0 bridgehead atoms. The number of aromatic amines is 1. The van der Waals surface area contributed by atoms with Crippen LogP contribution in [0.25, 0.3) is 10.9 Å². The van der Waals surface area contributed by atoms with Crippen molar-refractivity contribution in [1.29, 1.82) is 0 Å². The van der Waals surface area contributed by atoms with Gasteiger partial charge in [0.25, 0.3) is 11.7 Å². The highest BCUT2D eigenvalue weighted by atomic mass is 19.1. The fourth-order valence-corrected chi connectivity index (χ4v) is 3.77. The number of aromatic nitrogens is 2. The van der Waals surface area contributed by atoms with E-state index in [1.54, 1.807) is 4.90 Å². The van der Waals surface area contributed by atoms with E-state index in [4.69, 9.17) is 4.74 Å². The SMILES string of the molecule is CC(=O)N1CCN(C(=O)C(=O)c2c[nH]c3c(N4CCOCC4)ncc(F)c23)CC1. The van der Waals surface area contributed by atoms with Crippen molar-refractivity contribution < 1.29 is 23.5 Å². The largest absolute Gasteiger partial charge is 0.378 e. The quantitative estimate of drug-likeness (QED) is 0.589. The highest BCUT2D eigenvalue weighted by molar-refractivity contribution is 6.45. The van der Waals surface area contributed by atoms with E-state index < -0.39 is 17.5 Å². The van der Waals surface area contributed by atoms with E-state index in [9.17, 15) is 18.8 Å². The van der Waals surface area contributed by atoms with E-state index >= 15 is 0 Å². The molecule has 0 saturated carbocycles. The smallest absolute Gasteiger partial charge is 0.295 e. The summed E-state index contributed by atoms with van der Waals surface area (Å²) in [5.41, 5.74) is 0.387. The molecule has 154 valence electrons. The van der Waals surface area contributed by atoms with Gasteiger partial charge in [-0.05, 0) is 0 Å². The second kappa shape index (κ2) is 7.78. The number of ketones is 1. The van der Waals surface area contributed by atoms with Crippen LogP contribution in [0.1, 0.15) is 17.3 Å². The summed E-state index contributed by atoms with van der Waals surface area (Å²) in [4.78, 5) is 49.1. The van der Waals surface area contributed by atoms with Crippen molar-refractivity contribution in [3.05, 3.63) is 23.8 Å². The minimum absolute atomic E-state index is 0.00610. The molecule has 2 saturated heterocycles. The molecule has 4 rings (SSSR count). The first-order valence-electron chi connectivity index (χ1n) is 9.54. The maximum absolute atomic E-state index is 14.6. The second-order valence-electron chi connectivity index (χ2n) is 7.11. The molecule has 0 aromatic carbocycles. The lowest BCUT2D eigenvalue weighted by Crippen LogP contribution is -2.51. The number of fused-ring (bicyclic) bond motifs is 1. The Bertz CT molecular complexity index is 961. The van der Waals surface area contributed by atoms with Crippen LogP contribution in [0.3, 0.4) is 0 Å². The van der Waals surface area contributed by atoms with Crippen LogP contribution in [0.4, 0.5) is 10.2 Å². The number of anilines is 1. The predicted octanol–water partition coefficient (Wildman–Crippen LogP) is 0.412. The molecule has 9 nitrogen and oxygen atoms in total. The van der Waals surface area contributed by atoms with Crippen molar-refractivity contribution in [1.82, 2.24) is 19.8 Å². The molecular formula is C19H22FN5O4. The molecule has 4 heterocycles. The summed E-state index contributed by atoms with van der Waals surface area (Å²) in [6.07, 6.45) is 2.44. The van der Waals surface area contributed by atoms with Crippen LogP contribution >= 0.6 is 0 Å². The van der Waals surface area contributed by atoms with E-state index in [2.05, 4.69) is 9.97 Å². The van der Waals surface area contributed by atoms with Gasteiger partial charge < -0.3 is 24.4 Å². The minimum Gasteiger partial charge on any atom is -0.378 e. The lowest BCUT2D eigenvalue weighted by molar-refractivity contribution is -0.135. The molecule has 2 amide bonds. The van der Waals surface area contributed by atoms with Gasteiger partial charge in [0.1, 0.15) is 0 Å². The number of carbonyl (C=O) groups is 3. The van der Waals surface area contributed by atoms with Crippen LogP contribution in [0.2, 0.25) is 0 Å². The molecule has 0 unspecified atom stereocenters. The van der Waals surface area contributed by atoms with Gasteiger partial charge in [-0.25, -0.2) is 9.37 Å². The number of carbonyl (C=O) groups excluding carboxylic acids is 3. The number of halogens is 1. The maximum atomic E-state index is 14.6. The van der Waals surface area contributed by atoms with E-state index in [0.29, 0.717) is 50.7 Å². The number of piperazine rings is 1. The van der Waals surface area contributed by atoms with Gasteiger partial charge in [0.2, 0.25) is 5.91 Å². The lowest BCUT2D eigenvalue weighted by atomic mass is 10.1. The average molecular weight is 403 g/mol. The van der Waals surface area contributed by atoms with Gasteiger partial charge in [-0.15, -0.1) is 0 Å². The molecule has 2 fully saturated rings. The van der Waals surface area contributed by atoms with Crippen molar-refractivity contribution in [2.24, 2.45) is 0 Å². The molecular weight excluding hydrogens is 381 g/mol. The first kappa shape index (κ1) is 19.3. The summed E-state index contributed by atoms with van der Waals surface area (Å²) in [6, 6.07) is 0. The standard InChI is InChI=1S/C19H22FN5O4/c1-12(26)23-2-4-25(5-3-23)19(28)17(27)13-10-21-16-15(13)14(20)11-22-18(16)24-6-8-29-9-7-24/h10-11,21H,2-9H2,1H3. The zero-order chi connectivity index (χ0) is 20.5. The van der Waals surface area contributed by atoms with Crippen LogP contribution in [0.15, 0.2) is 12.4 Å². The van der Waals surface area contributed by atoms with Gasteiger partial charge in [-0.3, -0.25) is 14.4 Å². The van der Waals surface area contributed by atoms with Gasteiger partial charge >= 0.3 is 0 Å². The van der Waals surface area contributed by atoms with Gasteiger partial charge in [0, 0.05) is 52.4 Å². The Morgan fingerprint density at radius 2 is 1.72 bits per heavy atom. The number of hydrogen-bond acceptors (Lipinski definition) is 6. The molecule has 2 aromatic rings. The van der Waals surface area contributed by atoms with Crippen LogP contribution in [0, 0.1) is 5.82 Å². The van der Waals surface area contributed by atoms with Crippen molar-refractivity contribution in [2.75, 3.05) is 57.4 Å². The van der Waals surface area contributed by atoms with E-state index in [1.165, 1.54) is 18.0 Å². The molecule has 1 N–H and O–H groups in total. The summed E-state index contributed by atoms with van der Waals surface area (Å²) in [7, 11) is 0. The fourth-order valence-electron chi connectivity index (χ4n) is 3.77. The van der Waals surface area contributed by atoms with Crippen LogP contribution in [0.5, 0.6) is 0 Å². The summed E-state index contributed by atoms with van der Waals surface area (Å²) >= 11 is 0. The third-order valence-corrected chi connectivity index (χ3v) is 5.40. The Hall–Kier alpha value is -3.01. The van der Waals surface area contributed by atoms with Crippen molar-refractivity contribution in [2.45, 2.75) is 6.92 Å². The number of hydrogen-bond donors (Lipinski definition) is 1. The second-order valence-corrected chi connectivity index (χ2v) is 7.11. The van der Waals surface area contributed by atoms with Gasteiger partial charge in [-0.1, -0.05) is 0 Å². The zero-order valence-electron chi connectivity index (χ0n) is 16.1. The first-order valence-corrected chi connectivity index (χ1v) is 9.54. The monoisotopic (exact) mass is 403 g/mol. The van der Waals surface area contributed by atoms with Crippen LogP contribution in [-0.2, 0) is 14.3 Å². The summed E-state index contributed by atoms with van der Waals surface area (Å²) in [5, 5.41) is 0.0715. The van der Waals surface area contributed by atoms with Gasteiger partial charge in [0.05, 0.1) is 35.9 Å². The molecule has 0 spiro atoms. The molecule has 0 atom stereocenters. The molecule has 0 aliphatic carbocycles. The molecule has 10 heteroatoms. The first-order chi connectivity index (χ1) is 14.0. The Morgan fingerprint density at radius 1 is 1.07 bits per heavy atom. The number of ether oxygens (including phenoxy) is 1. The molecule has 29 heavy (non-hydrogen) atoms. The maximum Gasteiger partial charge on any atom is 0.295 e. The van der Waals surface area contributed by atoms with E-state index in [0.717, 1.165) is 6.20 Å². The van der Waals surface area contributed by atoms with Crippen molar-refractivity contribution in [3.8, 4) is 0 Å². The van der Waals surface area contributed by atoms with Crippen molar-refractivity contribution in [3.63, 3.8) is 0 Å². The number of nitrogens with zero attached hydrogens (tertiary/aromatic N) is 4. The Labute approximate surface area is 166 Å². The van der Waals surface area contributed by atoms with Gasteiger partial charge in [0.15, 0.2) is 11.6 Å². The Balaban J connectivity index is 1.60. The Morgan fingerprint density at radius 3 is 2.38 bits per heavy atom. The normalized spacial score (nSPS) is 17.7. The number of amides is 2. The predicted molar refractivity (Wildman–Crippen MR) is 102 cm³/mol. The number of H-pyrrole nitrogens is 1. The average Bonchev–Trinajstić information content (AvgIpc) is 3.19. The summed E-state index contributed by atoms with van der Waals surface area (Å²) in [5.74, 6) is -1.66. The van der Waals surface area contributed by atoms with Crippen LogP contribution < -0.4 is 4.90 Å². The number of Topliss-reactive ketones (excluding diaryl/α,β-unsaturated/α-hetero) is 1. The number of nitrogens with one attached hydrogen (secondary N) is 1. The number of morpholine rings is 1. The minimum atomic E-state index is -0.773. The summed E-state index contributed by atoms with van der Waals surface area (Å²) < 4.78 is 19.9. The molecule has 2 aliphatic rings. The van der Waals surface area contributed by atoms with E-state index in [-0.39, 0.29) is 29.9 Å². The molecule has 0 radical (unpaired) electrons. The highest BCUT2D eigenvalue weighted by Gasteiger charge is 2.30. The number of rotatable bonds is 3. The lowest BCUT2D eigenvalue weighted by Gasteiger charge is -2.33. The summed E-state index contributed by atoms with van der Waals surface area (Å²) in [6.45, 7) is 5.06. The van der Waals surface area contributed by atoms with E-state index in [1.807, 2.05) is 4.90 Å². The zero-order valence-corrected chi connectivity index (χ0v) is 16.1. The van der Waals surface area contributed by atoms with Crippen molar-refractivity contribution >= 4 is 34.3 Å². The topological polar surface area (TPSA) is 98.8 Å². The third kappa shape index (κ3) is 3.55. The number of pyridine rings is 1.